The van der Waals surface area contributed by atoms with E-state index in [-0.39, 0.29) is 11.5 Å². The minimum Gasteiger partial charge on any atom is -0.361 e. The molecule has 0 unspecified atom stereocenters. The topological polar surface area (TPSA) is 86.2 Å². The number of nitrogens with zero attached hydrogens (tertiary/aromatic N) is 1. The van der Waals surface area contributed by atoms with E-state index in [1.165, 1.54) is 0 Å². The van der Waals surface area contributed by atoms with Gasteiger partial charge in [-0.15, -0.1) is 0 Å². The summed E-state index contributed by atoms with van der Waals surface area (Å²) in [6.45, 7) is 0.446. The van der Waals surface area contributed by atoms with Gasteiger partial charge in [0.25, 0.3) is 0 Å². The molecule has 6 heteroatoms. The number of hydrogen-bond donors (Lipinski definition) is 1. The van der Waals surface area contributed by atoms with Crippen molar-refractivity contribution in [1.29, 1.82) is 0 Å². The van der Waals surface area contributed by atoms with Crippen LogP contribution in [-0.2, 0) is 28.4 Å². The van der Waals surface area contributed by atoms with Crippen LogP contribution in [-0.4, -0.2) is 25.9 Å². The zero-order valence-corrected chi connectivity index (χ0v) is 8.51. The van der Waals surface area contributed by atoms with Gasteiger partial charge in [0.2, 0.25) is 0 Å². The molecule has 0 spiro atoms. The van der Waals surface area contributed by atoms with Crippen LogP contribution >= 0.6 is 0 Å². The highest BCUT2D eigenvalue weighted by Crippen LogP contribution is 2.23. The van der Waals surface area contributed by atoms with E-state index in [4.69, 9.17) is 10.3 Å². The molecule has 2 rings (SSSR count). The van der Waals surface area contributed by atoms with E-state index in [2.05, 4.69) is 5.16 Å². The molecule has 0 fully saturated rings. The Morgan fingerprint density at radius 2 is 2.29 bits per heavy atom. The quantitative estimate of drug-likeness (QED) is 0.730. The van der Waals surface area contributed by atoms with Gasteiger partial charge in [-0.3, -0.25) is 0 Å². The fraction of sp³-hybridized carbons (Fsp3) is 0.625. The van der Waals surface area contributed by atoms with Gasteiger partial charge in [0.05, 0.1) is 17.2 Å². The van der Waals surface area contributed by atoms with Gasteiger partial charge in [-0.1, -0.05) is 5.16 Å². The van der Waals surface area contributed by atoms with Gasteiger partial charge >= 0.3 is 0 Å². The fourth-order valence-corrected chi connectivity index (χ4v) is 3.03. The third-order valence-electron chi connectivity index (χ3n) is 2.34. The summed E-state index contributed by atoms with van der Waals surface area (Å²) in [6.07, 6.45) is 1.02. The third kappa shape index (κ3) is 1.67. The van der Waals surface area contributed by atoms with Crippen LogP contribution in [0, 0.1) is 0 Å². The Hall–Kier alpha value is -0.880. The lowest BCUT2D eigenvalue weighted by Gasteiger charge is -2.10. The van der Waals surface area contributed by atoms with Crippen LogP contribution in [0.15, 0.2) is 4.52 Å². The molecular formula is C8H12N2O3S. The first kappa shape index (κ1) is 9.67. The van der Waals surface area contributed by atoms with Gasteiger partial charge in [-0.2, -0.15) is 0 Å². The number of hydrogen-bond acceptors (Lipinski definition) is 5. The molecule has 1 aromatic rings. The van der Waals surface area contributed by atoms with Crippen molar-refractivity contribution in [3.8, 4) is 0 Å². The van der Waals surface area contributed by atoms with Crippen molar-refractivity contribution < 1.29 is 12.9 Å². The normalized spacial score (nSPS) is 19.2. The molecule has 1 aliphatic heterocycles. The predicted octanol–water partition coefficient (Wildman–Crippen LogP) is -0.353. The van der Waals surface area contributed by atoms with Crippen molar-refractivity contribution in [1.82, 2.24) is 5.16 Å². The molecular weight excluding hydrogens is 204 g/mol. The van der Waals surface area contributed by atoms with E-state index in [0.717, 1.165) is 11.3 Å². The fourth-order valence-electron chi connectivity index (χ4n) is 1.61. The van der Waals surface area contributed by atoms with E-state index < -0.39 is 9.84 Å². The molecule has 2 heterocycles. The molecule has 0 aliphatic carbocycles. The van der Waals surface area contributed by atoms with Crippen LogP contribution < -0.4 is 5.73 Å². The number of aryl methyl sites for hydroxylation is 1. The standard InChI is InChI=1S/C8H12N2O3S/c9-3-1-8-6-5-14(11,12)4-2-7(6)10-13-8/h1-5,9H2. The van der Waals surface area contributed by atoms with Crippen molar-refractivity contribution in [2.24, 2.45) is 5.73 Å². The summed E-state index contributed by atoms with van der Waals surface area (Å²) in [6, 6.07) is 0. The molecule has 1 aromatic heterocycles. The first-order valence-corrected chi connectivity index (χ1v) is 6.31. The van der Waals surface area contributed by atoms with Gasteiger partial charge in [-0.25, -0.2) is 8.42 Å². The Morgan fingerprint density at radius 3 is 3.00 bits per heavy atom. The number of nitrogens with two attached hydrogens (primary N) is 1. The second-order valence-electron chi connectivity index (χ2n) is 3.41. The highest BCUT2D eigenvalue weighted by Gasteiger charge is 2.27. The molecule has 5 nitrogen and oxygen atoms in total. The first-order chi connectivity index (χ1) is 6.62. The van der Waals surface area contributed by atoms with Crippen LogP contribution in [0.4, 0.5) is 0 Å². The minimum absolute atomic E-state index is 0.0567. The van der Waals surface area contributed by atoms with Crippen LogP contribution in [0.2, 0.25) is 0 Å². The van der Waals surface area contributed by atoms with Crippen molar-refractivity contribution in [3.63, 3.8) is 0 Å². The summed E-state index contributed by atoms with van der Waals surface area (Å²) in [7, 11) is -2.95. The molecule has 2 N–H and O–H groups in total. The average molecular weight is 216 g/mol. The summed E-state index contributed by atoms with van der Waals surface area (Å²) >= 11 is 0. The van der Waals surface area contributed by atoms with E-state index in [0.29, 0.717) is 25.1 Å². The second-order valence-corrected chi connectivity index (χ2v) is 5.60. The maximum atomic E-state index is 11.4. The van der Waals surface area contributed by atoms with E-state index >= 15 is 0 Å². The smallest absolute Gasteiger partial charge is 0.155 e. The molecule has 0 saturated carbocycles. The molecule has 78 valence electrons. The summed E-state index contributed by atoms with van der Waals surface area (Å²) in [4.78, 5) is 0. The highest BCUT2D eigenvalue weighted by molar-refractivity contribution is 7.90. The lowest BCUT2D eigenvalue weighted by molar-refractivity contribution is 0.378. The zero-order chi connectivity index (χ0) is 10.2. The number of rotatable bonds is 2. The van der Waals surface area contributed by atoms with Gasteiger partial charge in [0.15, 0.2) is 9.84 Å². The first-order valence-electron chi connectivity index (χ1n) is 4.49. The Bertz CT molecular complexity index is 435. The molecule has 0 atom stereocenters. The van der Waals surface area contributed by atoms with Crippen LogP contribution in [0.25, 0.3) is 0 Å². The van der Waals surface area contributed by atoms with Gasteiger partial charge in [-0.05, 0) is 6.54 Å². The van der Waals surface area contributed by atoms with E-state index in [1.54, 1.807) is 0 Å². The monoisotopic (exact) mass is 216 g/mol. The zero-order valence-electron chi connectivity index (χ0n) is 7.69. The van der Waals surface area contributed by atoms with E-state index in [1.807, 2.05) is 0 Å². The molecule has 14 heavy (non-hydrogen) atoms. The summed E-state index contributed by atoms with van der Waals surface area (Å²) in [5.41, 5.74) is 6.90. The summed E-state index contributed by atoms with van der Waals surface area (Å²) < 4.78 is 27.8. The lowest BCUT2D eigenvalue weighted by atomic mass is 10.1. The maximum Gasteiger partial charge on any atom is 0.155 e. The lowest BCUT2D eigenvalue weighted by Crippen LogP contribution is -2.19. The Labute approximate surface area is 82.2 Å². The van der Waals surface area contributed by atoms with Crippen molar-refractivity contribution in [2.45, 2.75) is 18.6 Å². The largest absolute Gasteiger partial charge is 0.361 e. The highest BCUT2D eigenvalue weighted by atomic mass is 32.2. The number of fused-ring (bicyclic) bond motifs is 1. The Kier molecular flexibility index (Phi) is 2.32. The summed E-state index contributed by atoms with van der Waals surface area (Å²) in [5.74, 6) is 0.862. The second kappa shape index (κ2) is 3.36. The molecule has 0 bridgehead atoms. The maximum absolute atomic E-state index is 11.4. The van der Waals surface area contributed by atoms with Gasteiger partial charge < -0.3 is 10.3 Å². The average Bonchev–Trinajstić information content (AvgIpc) is 2.47. The molecule has 1 aliphatic rings. The number of aromatic nitrogens is 1. The van der Waals surface area contributed by atoms with Crippen molar-refractivity contribution in [3.05, 3.63) is 17.0 Å². The molecule has 0 aromatic carbocycles. The summed E-state index contributed by atoms with van der Waals surface area (Å²) in [5, 5.41) is 3.85. The third-order valence-corrected chi connectivity index (χ3v) is 3.89. The SMILES string of the molecule is NCCc1onc2c1CS(=O)(=O)CC2. The van der Waals surface area contributed by atoms with Gasteiger partial charge in [0, 0.05) is 18.4 Å². The molecule has 0 radical (unpaired) electrons. The Balaban J connectivity index is 2.37. The predicted molar refractivity (Wildman–Crippen MR) is 50.5 cm³/mol. The molecule has 0 saturated heterocycles. The van der Waals surface area contributed by atoms with Crippen LogP contribution in [0.3, 0.4) is 0 Å². The van der Waals surface area contributed by atoms with Crippen molar-refractivity contribution in [2.75, 3.05) is 12.3 Å². The van der Waals surface area contributed by atoms with Gasteiger partial charge in [0.1, 0.15) is 5.76 Å². The van der Waals surface area contributed by atoms with Crippen molar-refractivity contribution >= 4 is 9.84 Å². The minimum atomic E-state index is -2.95. The van der Waals surface area contributed by atoms with Crippen LogP contribution in [0.5, 0.6) is 0 Å². The van der Waals surface area contributed by atoms with E-state index in [9.17, 15) is 8.42 Å². The van der Waals surface area contributed by atoms with Crippen LogP contribution in [0.1, 0.15) is 17.0 Å². The Morgan fingerprint density at radius 1 is 1.50 bits per heavy atom. The molecule has 0 amide bonds. The number of sulfone groups is 1.